The van der Waals surface area contributed by atoms with Crippen molar-refractivity contribution < 1.29 is 9.90 Å². The van der Waals surface area contributed by atoms with Gasteiger partial charge in [0, 0.05) is 25.8 Å². The lowest BCUT2D eigenvalue weighted by atomic mass is 10.1. The van der Waals surface area contributed by atoms with Crippen LogP contribution >= 0.6 is 0 Å². The van der Waals surface area contributed by atoms with E-state index in [0.717, 1.165) is 31.7 Å². The van der Waals surface area contributed by atoms with Gasteiger partial charge in [-0.1, -0.05) is 0 Å². The maximum atomic E-state index is 10.8. The highest BCUT2D eigenvalue weighted by atomic mass is 16.4. The van der Waals surface area contributed by atoms with Crippen molar-refractivity contribution in [3.05, 3.63) is 18.0 Å². The molecule has 0 aliphatic carbocycles. The first-order chi connectivity index (χ1) is 7.70. The van der Waals surface area contributed by atoms with Gasteiger partial charge >= 0.3 is 5.97 Å². The highest BCUT2D eigenvalue weighted by Gasteiger charge is 2.28. The van der Waals surface area contributed by atoms with E-state index in [-0.39, 0.29) is 5.92 Å². The van der Waals surface area contributed by atoms with Crippen molar-refractivity contribution in [1.29, 1.82) is 0 Å². The van der Waals surface area contributed by atoms with Crippen molar-refractivity contribution in [2.75, 3.05) is 13.1 Å². The van der Waals surface area contributed by atoms with Crippen LogP contribution in [0, 0.1) is 5.92 Å². The fourth-order valence-electron chi connectivity index (χ4n) is 2.19. The summed E-state index contributed by atoms with van der Waals surface area (Å²) in [7, 11) is 0. The Kier molecular flexibility index (Phi) is 3.24. The second-order valence-corrected chi connectivity index (χ2v) is 4.20. The number of aryl methyl sites for hydroxylation is 1. The molecule has 16 heavy (non-hydrogen) atoms. The van der Waals surface area contributed by atoms with Gasteiger partial charge in [0.1, 0.15) is 0 Å². The fraction of sp³-hybridized carbons (Fsp3) is 0.636. The fourth-order valence-corrected chi connectivity index (χ4v) is 2.19. The van der Waals surface area contributed by atoms with E-state index in [4.69, 9.17) is 5.11 Å². The summed E-state index contributed by atoms with van der Waals surface area (Å²) in [6.45, 7) is 5.24. The van der Waals surface area contributed by atoms with Gasteiger partial charge in [-0.05, 0) is 26.0 Å². The van der Waals surface area contributed by atoms with Gasteiger partial charge in [-0.2, -0.15) is 5.10 Å². The molecule has 0 bridgehead atoms. The van der Waals surface area contributed by atoms with Crippen LogP contribution in [0.15, 0.2) is 12.3 Å². The third-order valence-electron chi connectivity index (χ3n) is 3.11. The summed E-state index contributed by atoms with van der Waals surface area (Å²) >= 11 is 0. The standard InChI is InChI=1S/C11H17N3O2/c1-2-14-10(3-5-12-14)8-13-6-4-9(7-13)11(15)16/h3,5,9H,2,4,6-8H2,1H3,(H,15,16). The Morgan fingerprint density at radius 2 is 2.50 bits per heavy atom. The maximum absolute atomic E-state index is 10.8. The number of likely N-dealkylation sites (tertiary alicyclic amines) is 1. The average Bonchev–Trinajstić information content (AvgIpc) is 2.87. The van der Waals surface area contributed by atoms with Crippen LogP contribution in [0.25, 0.3) is 0 Å². The molecule has 1 atom stereocenters. The van der Waals surface area contributed by atoms with Gasteiger partial charge in [-0.3, -0.25) is 14.4 Å². The lowest BCUT2D eigenvalue weighted by Gasteiger charge is -2.15. The van der Waals surface area contributed by atoms with Crippen LogP contribution in [0.4, 0.5) is 0 Å². The maximum Gasteiger partial charge on any atom is 0.307 e. The summed E-state index contributed by atoms with van der Waals surface area (Å²) in [5, 5.41) is 13.1. The first kappa shape index (κ1) is 11.1. The summed E-state index contributed by atoms with van der Waals surface area (Å²) in [4.78, 5) is 13.0. The Morgan fingerprint density at radius 1 is 1.69 bits per heavy atom. The van der Waals surface area contributed by atoms with Crippen LogP contribution in [-0.2, 0) is 17.9 Å². The Balaban J connectivity index is 1.94. The molecule has 0 amide bonds. The molecule has 2 heterocycles. The number of aliphatic carboxylic acids is 1. The SMILES string of the molecule is CCn1nccc1CN1CCC(C(=O)O)C1. The van der Waals surface area contributed by atoms with Crippen LogP contribution in [0.1, 0.15) is 19.0 Å². The number of carboxylic acids is 1. The molecular formula is C11H17N3O2. The van der Waals surface area contributed by atoms with Crippen LogP contribution < -0.4 is 0 Å². The van der Waals surface area contributed by atoms with E-state index in [1.54, 1.807) is 6.20 Å². The lowest BCUT2D eigenvalue weighted by molar-refractivity contribution is -0.141. The zero-order valence-electron chi connectivity index (χ0n) is 9.46. The van der Waals surface area contributed by atoms with Gasteiger partial charge in [-0.15, -0.1) is 0 Å². The molecule has 5 heteroatoms. The van der Waals surface area contributed by atoms with Crippen molar-refractivity contribution in [1.82, 2.24) is 14.7 Å². The second kappa shape index (κ2) is 4.65. The molecule has 0 aromatic carbocycles. The molecule has 2 rings (SSSR count). The number of carbonyl (C=O) groups is 1. The Bertz CT molecular complexity index is 375. The van der Waals surface area contributed by atoms with E-state index in [2.05, 4.69) is 16.9 Å². The van der Waals surface area contributed by atoms with Gasteiger partial charge in [0.2, 0.25) is 0 Å². The summed E-state index contributed by atoms with van der Waals surface area (Å²) in [6, 6.07) is 2.00. The minimum absolute atomic E-state index is 0.196. The number of rotatable bonds is 4. The highest BCUT2D eigenvalue weighted by molar-refractivity contribution is 5.70. The minimum atomic E-state index is -0.675. The van der Waals surface area contributed by atoms with Crippen LogP contribution in [0.2, 0.25) is 0 Å². The number of nitrogens with zero attached hydrogens (tertiary/aromatic N) is 3. The van der Waals surface area contributed by atoms with Crippen molar-refractivity contribution >= 4 is 5.97 Å². The molecule has 5 nitrogen and oxygen atoms in total. The van der Waals surface area contributed by atoms with Gasteiger partial charge in [0.25, 0.3) is 0 Å². The topological polar surface area (TPSA) is 58.4 Å². The number of hydrogen-bond donors (Lipinski definition) is 1. The molecule has 1 aromatic heterocycles. The first-order valence-corrected chi connectivity index (χ1v) is 5.66. The normalized spacial score (nSPS) is 21.4. The Labute approximate surface area is 94.7 Å². The van der Waals surface area contributed by atoms with Crippen LogP contribution in [-0.4, -0.2) is 38.8 Å². The molecule has 1 unspecified atom stereocenters. The number of aromatic nitrogens is 2. The monoisotopic (exact) mass is 223 g/mol. The third-order valence-corrected chi connectivity index (χ3v) is 3.11. The third kappa shape index (κ3) is 2.24. The summed E-state index contributed by atoms with van der Waals surface area (Å²) < 4.78 is 1.95. The van der Waals surface area contributed by atoms with Gasteiger partial charge in [0.05, 0.1) is 11.6 Å². The lowest BCUT2D eigenvalue weighted by Crippen LogP contribution is -2.24. The predicted octanol–water partition coefficient (Wildman–Crippen LogP) is 0.809. The Morgan fingerprint density at radius 3 is 3.12 bits per heavy atom. The molecule has 1 aliphatic heterocycles. The Hall–Kier alpha value is -1.36. The van der Waals surface area contributed by atoms with Gasteiger partial charge in [0.15, 0.2) is 0 Å². The van der Waals surface area contributed by atoms with E-state index in [1.165, 1.54) is 0 Å². The molecule has 1 fully saturated rings. The molecule has 1 aromatic rings. The van der Waals surface area contributed by atoms with Crippen molar-refractivity contribution in [3.63, 3.8) is 0 Å². The summed E-state index contributed by atoms with van der Waals surface area (Å²) in [6.07, 6.45) is 2.55. The van der Waals surface area contributed by atoms with Crippen LogP contribution in [0.3, 0.4) is 0 Å². The van der Waals surface area contributed by atoms with Gasteiger partial charge < -0.3 is 5.11 Å². The van der Waals surface area contributed by atoms with Crippen molar-refractivity contribution in [2.24, 2.45) is 5.92 Å². The van der Waals surface area contributed by atoms with E-state index in [1.807, 2.05) is 10.7 Å². The number of carboxylic acid groups (broad SMARTS) is 1. The molecule has 0 saturated carbocycles. The molecule has 0 radical (unpaired) electrons. The summed E-state index contributed by atoms with van der Waals surface area (Å²) in [5.41, 5.74) is 1.16. The molecule has 0 spiro atoms. The minimum Gasteiger partial charge on any atom is -0.481 e. The van der Waals surface area contributed by atoms with Crippen LogP contribution in [0.5, 0.6) is 0 Å². The molecule has 1 N–H and O–H groups in total. The molecular weight excluding hydrogens is 206 g/mol. The highest BCUT2D eigenvalue weighted by Crippen LogP contribution is 2.18. The number of hydrogen-bond acceptors (Lipinski definition) is 3. The van der Waals surface area contributed by atoms with E-state index < -0.39 is 5.97 Å². The smallest absolute Gasteiger partial charge is 0.307 e. The second-order valence-electron chi connectivity index (χ2n) is 4.20. The molecule has 1 aliphatic rings. The molecule has 88 valence electrons. The zero-order chi connectivity index (χ0) is 11.5. The van der Waals surface area contributed by atoms with E-state index in [0.29, 0.717) is 6.54 Å². The van der Waals surface area contributed by atoms with E-state index >= 15 is 0 Å². The molecule has 1 saturated heterocycles. The van der Waals surface area contributed by atoms with Gasteiger partial charge in [-0.25, -0.2) is 0 Å². The van der Waals surface area contributed by atoms with Crippen molar-refractivity contribution in [3.8, 4) is 0 Å². The quantitative estimate of drug-likeness (QED) is 0.820. The first-order valence-electron chi connectivity index (χ1n) is 5.66. The largest absolute Gasteiger partial charge is 0.481 e. The zero-order valence-corrected chi connectivity index (χ0v) is 9.46. The van der Waals surface area contributed by atoms with E-state index in [9.17, 15) is 4.79 Å². The predicted molar refractivity (Wildman–Crippen MR) is 58.9 cm³/mol. The van der Waals surface area contributed by atoms with Crippen molar-refractivity contribution in [2.45, 2.75) is 26.4 Å². The summed E-state index contributed by atoms with van der Waals surface area (Å²) in [5.74, 6) is -0.871. The average molecular weight is 223 g/mol.